The zero-order valence-corrected chi connectivity index (χ0v) is 22.3. The number of aromatic nitrogens is 2. The third kappa shape index (κ3) is 8.00. The third-order valence-corrected chi connectivity index (χ3v) is 7.81. The fraction of sp³-hybridized carbons (Fsp3) is 0.630. The van der Waals surface area contributed by atoms with Crippen LogP contribution in [0.3, 0.4) is 0 Å². The predicted octanol–water partition coefficient (Wildman–Crippen LogP) is 6.04. The lowest BCUT2D eigenvalue weighted by atomic mass is 9.83. The van der Waals surface area contributed by atoms with Crippen LogP contribution in [0.15, 0.2) is 24.4 Å². The number of pyridine rings is 2. The average molecular weight is 559 g/mol. The lowest BCUT2D eigenvalue weighted by Crippen LogP contribution is -2.44. The minimum atomic E-state index is -4.38. The van der Waals surface area contributed by atoms with E-state index in [0.29, 0.717) is 34.7 Å². The zero-order valence-electron chi connectivity index (χ0n) is 21.5. The highest BCUT2D eigenvalue weighted by Crippen LogP contribution is 2.33. The Kier molecular flexibility index (Phi) is 10.2. The fourth-order valence-electron chi connectivity index (χ4n) is 5.18. The minimum Gasteiger partial charge on any atom is -0.381 e. The van der Waals surface area contributed by atoms with Crippen molar-refractivity contribution in [3.05, 3.63) is 40.9 Å². The van der Waals surface area contributed by atoms with Crippen LogP contribution in [0, 0.1) is 17.7 Å². The number of rotatable bonds is 10. The maximum Gasteiger partial charge on any atom is 0.415 e. The van der Waals surface area contributed by atoms with Crippen LogP contribution in [-0.2, 0) is 15.9 Å². The Balaban J connectivity index is 1.34. The van der Waals surface area contributed by atoms with E-state index in [1.807, 2.05) is 0 Å². The standard InChI is InChI=1S/C27H35ClF4N4O2/c1-37-24(27(30,31)32)16-34-19-4-2-17(3-5-19)12-20-13-21(22(28)15-33-20)26-23(29)6-7-25(36-26)35-14-18-8-10-38-11-9-18/h6-7,13,15,17-19,24,34H,2-5,8-12,14,16H2,1H3,(H,35,36)/t17?,19?,24-/m1/s1. The molecule has 2 aromatic heterocycles. The third-order valence-electron chi connectivity index (χ3n) is 7.51. The van der Waals surface area contributed by atoms with Crippen molar-refractivity contribution in [3.63, 3.8) is 0 Å². The Morgan fingerprint density at radius 2 is 1.84 bits per heavy atom. The molecule has 3 heterocycles. The van der Waals surface area contributed by atoms with Gasteiger partial charge in [-0.3, -0.25) is 4.98 Å². The van der Waals surface area contributed by atoms with Crippen molar-refractivity contribution in [2.24, 2.45) is 11.8 Å². The van der Waals surface area contributed by atoms with Gasteiger partial charge in [0, 0.05) is 56.9 Å². The van der Waals surface area contributed by atoms with Gasteiger partial charge in [0.25, 0.3) is 0 Å². The summed E-state index contributed by atoms with van der Waals surface area (Å²) >= 11 is 6.42. The smallest absolute Gasteiger partial charge is 0.381 e. The molecule has 1 atom stereocenters. The molecule has 1 saturated heterocycles. The molecule has 1 aliphatic heterocycles. The molecule has 1 saturated carbocycles. The first-order valence-corrected chi connectivity index (χ1v) is 13.6. The highest BCUT2D eigenvalue weighted by molar-refractivity contribution is 6.33. The number of methoxy groups -OCH3 is 1. The van der Waals surface area contributed by atoms with E-state index in [1.54, 1.807) is 12.1 Å². The molecule has 1 aliphatic carbocycles. The Morgan fingerprint density at radius 1 is 1.11 bits per heavy atom. The number of alkyl halides is 3. The van der Waals surface area contributed by atoms with Gasteiger partial charge >= 0.3 is 6.18 Å². The first-order chi connectivity index (χ1) is 18.2. The molecule has 6 nitrogen and oxygen atoms in total. The number of hydrogen-bond acceptors (Lipinski definition) is 6. The minimum absolute atomic E-state index is 0.0228. The van der Waals surface area contributed by atoms with Gasteiger partial charge in [0.15, 0.2) is 6.10 Å². The normalized spacial score (nSPS) is 21.8. The van der Waals surface area contributed by atoms with Gasteiger partial charge in [-0.2, -0.15) is 13.2 Å². The van der Waals surface area contributed by atoms with Crippen LogP contribution >= 0.6 is 11.6 Å². The summed E-state index contributed by atoms with van der Waals surface area (Å²) in [5, 5.41) is 6.65. The average Bonchev–Trinajstić information content (AvgIpc) is 2.90. The van der Waals surface area contributed by atoms with Gasteiger partial charge < -0.3 is 20.1 Å². The molecule has 2 aliphatic rings. The van der Waals surface area contributed by atoms with Crippen LogP contribution in [-0.4, -0.2) is 61.7 Å². The van der Waals surface area contributed by atoms with Crippen molar-refractivity contribution in [1.82, 2.24) is 15.3 Å². The van der Waals surface area contributed by atoms with Gasteiger partial charge in [-0.1, -0.05) is 11.6 Å². The highest BCUT2D eigenvalue weighted by atomic mass is 35.5. The second kappa shape index (κ2) is 13.4. The molecule has 4 rings (SSSR count). The first-order valence-electron chi connectivity index (χ1n) is 13.2. The van der Waals surface area contributed by atoms with Gasteiger partial charge in [0.05, 0.1) is 5.02 Å². The van der Waals surface area contributed by atoms with E-state index in [4.69, 9.17) is 16.3 Å². The molecule has 11 heteroatoms. The monoisotopic (exact) mass is 558 g/mol. The molecule has 210 valence electrons. The number of nitrogens with one attached hydrogen (secondary N) is 2. The van der Waals surface area contributed by atoms with Crippen LogP contribution in [0.25, 0.3) is 11.3 Å². The van der Waals surface area contributed by atoms with E-state index >= 15 is 0 Å². The number of halogens is 5. The molecule has 2 aromatic rings. The van der Waals surface area contributed by atoms with Crippen molar-refractivity contribution in [1.29, 1.82) is 0 Å². The number of anilines is 1. The summed E-state index contributed by atoms with van der Waals surface area (Å²) in [6.07, 6.45) is 1.27. The van der Waals surface area contributed by atoms with E-state index < -0.39 is 18.1 Å². The van der Waals surface area contributed by atoms with Gasteiger partial charge in [-0.15, -0.1) is 0 Å². The zero-order chi connectivity index (χ0) is 27.1. The summed E-state index contributed by atoms with van der Waals surface area (Å²) < 4.78 is 63.5. The van der Waals surface area contributed by atoms with Gasteiger partial charge in [0.2, 0.25) is 0 Å². The van der Waals surface area contributed by atoms with Gasteiger partial charge in [-0.25, -0.2) is 9.37 Å². The van der Waals surface area contributed by atoms with Crippen molar-refractivity contribution in [2.45, 2.75) is 63.3 Å². The van der Waals surface area contributed by atoms with E-state index in [0.717, 1.165) is 71.1 Å². The number of ether oxygens (including phenoxy) is 2. The molecule has 2 fully saturated rings. The molecular weight excluding hydrogens is 524 g/mol. The van der Waals surface area contributed by atoms with Crippen LogP contribution < -0.4 is 10.6 Å². The molecule has 0 aromatic carbocycles. The molecule has 0 spiro atoms. The molecular formula is C27H35ClF4N4O2. The summed E-state index contributed by atoms with van der Waals surface area (Å²) in [6.45, 7) is 2.01. The molecule has 0 bridgehead atoms. The first kappa shape index (κ1) is 29.0. The van der Waals surface area contributed by atoms with Gasteiger partial charge in [0.1, 0.15) is 17.3 Å². The highest BCUT2D eigenvalue weighted by Gasteiger charge is 2.40. The second-order valence-corrected chi connectivity index (χ2v) is 10.6. The van der Waals surface area contributed by atoms with E-state index in [1.165, 1.54) is 12.3 Å². The molecule has 0 amide bonds. The van der Waals surface area contributed by atoms with Crippen molar-refractivity contribution >= 4 is 17.4 Å². The van der Waals surface area contributed by atoms with Crippen LogP contribution in [0.1, 0.15) is 44.2 Å². The SMILES string of the molecule is CO[C@H](CNC1CCC(Cc2cc(-c3nc(NCC4CCOCC4)ccc3F)c(Cl)cn2)CC1)C(F)(F)F. The summed E-state index contributed by atoms with van der Waals surface area (Å²) in [4.78, 5) is 8.97. The fourth-order valence-corrected chi connectivity index (χ4v) is 5.37. The summed E-state index contributed by atoms with van der Waals surface area (Å²) in [6, 6.07) is 4.85. The van der Waals surface area contributed by atoms with Crippen molar-refractivity contribution in [2.75, 3.05) is 38.7 Å². The van der Waals surface area contributed by atoms with E-state index in [9.17, 15) is 17.6 Å². The maximum absolute atomic E-state index is 14.8. The number of hydrogen-bond donors (Lipinski definition) is 2. The lowest BCUT2D eigenvalue weighted by Gasteiger charge is -2.30. The van der Waals surface area contributed by atoms with Crippen molar-refractivity contribution < 1.29 is 27.0 Å². The lowest BCUT2D eigenvalue weighted by molar-refractivity contribution is -0.211. The Hall–Kier alpha value is -2.01. The molecule has 2 N–H and O–H groups in total. The maximum atomic E-state index is 14.8. The number of nitrogens with zero attached hydrogens (tertiary/aromatic N) is 2. The Morgan fingerprint density at radius 3 is 2.53 bits per heavy atom. The topological polar surface area (TPSA) is 68.3 Å². The Labute approximate surface area is 225 Å². The van der Waals surface area contributed by atoms with E-state index in [2.05, 4.69) is 25.3 Å². The summed E-state index contributed by atoms with van der Waals surface area (Å²) in [7, 11) is 1.08. The van der Waals surface area contributed by atoms with Crippen LogP contribution in [0.4, 0.5) is 23.4 Å². The largest absolute Gasteiger partial charge is 0.415 e. The summed E-state index contributed by atoms with van der Waals surface area (Å²) in [5.41, 5.74) is 1.47. The Bertz CT molecular complexity index is 1040. The summed E-state index contributed by atoms with van der Waals surface area (Å²) in [5.74, 6) is 0.960. The predicted molar refractivity (Wildman–Crippen MR) is 139 cm³/mol. The quantitative estimate of drug-likeness (QED) is 0.346. The molecule has 0 radical (unpaired) electrons. The van der Waals surface area contributed by atoms with Crippen molar-refractivity contribution in [3.8, 4) is 11.3 Å². The van der Waals surface area contributed by atoms with Crippen LogP contribution in [0.2, 0.25) is 5.02 Å². The van der Waals surface area contributed by atoms with Crippen LogP contribution in [0.5, 0.6) is 0 Å². The second-order valence-electron chi connectivity index (χ2n) is 10.2. The van der Waals surface area contributed by atoms with Gasteiger partial charge in [-0.05, 0) is 75.0 Å². The molecule has 0 unspecified atom stereocenters. The van der Waals surface area contributed by atoms with E-state index in [-0.39, 0.29) is 18.3 Å². The molecule has 38 heavy (non-hydrogen) atoms.